The molecule has 1 fully saturated rings. The molecule has 1 aromatic heterocycles. The number of hydrogen-bond donors (Lipinski definition) is 1. The Morgan fingerprint density at radius 3 is 2.25 bits per heavy atom. The average Bonchev–Trinajstić information content (AvgIpc) is 2.83. The molecule has 4 rings (SSSR count). The molecule has 1 N–H and O–H groups in total. The molecule has 7 heteroatoms. The summed E-state index contributed by atoms with van der Waals surface area (Å²) in [5.74, 6) is -0.369. The smallest absolute Gasteiger partial charge is 0.411 e. The molecule has 0 bridgehead atoms. The van der Waals surface area contributed by atoms with Gasteiger partial charge in [0.25, 0.3) is 5.56 Å². The third-order valence-electron chi connectivity index (χ3n) is 6.88. The van der Waals surface area contributed by atoms with Crippen LogP contribution < -0.4 is 5.56 Å². The zero-order valence-corrected chi connectivity index (χ0v) is 21.2. The number of ether oxygens (including phenoxy) is 1. The van der Waals surface area contributed by atoms with Crippen LogP contribution in [0.1, 0.15) is 57.7 Å². The first-order valence-electron chi connectivity index (χ1n) is 12.3. The minimum absolute atomic E-state index is 0.0311. The predicted molar refractivity (Wildman–Crippen MR) is 137 cm³/mol. The van der Waals surface area contributed by atoms with Crippen molar-refractivity contribution in [3.8, 4) is 11.1 Å². The molecule has 190 valence electrons. The number of carbonyl (C=O) groups is 1. The summed E-state index contributed by atoms with van der Waals surface area (Å²) in [7, 11) is 0. The van der Waals surface area contributed by atoms with E-state index in [0.29, 0.717) is 25.1 Å². The Morgan fingerprint density at radius 2 is 1.67 bits per heavy atom. The van der Waals surface area contributed by atoms with Gasteiger partial charge in [-0.1, -0.05) is 36.4 Å². The van der Waals surface area contributed by atoms with Gasteiger partial charge in [-0.2, -0.15) is 0 Å². The minimum Gasteiger partial charge on any atom is -0.438 e. The summed E-state index contributed by atoms with van der Waals surface area (Å²) < 4.78 is 21.3. The Kier molecular flexibility index (Phi) is 7.05. The number of pyridine rings is 1. The highest BCUT2D eigenvalue weighted by atomic mass is 19.1. The molecule has 1 saturated heterocycles. The molecule has 1 amide bonds. The second-order valence-corrected chi connectivity index (χ2v) is 10.1. The van der Waals surface area contributed by atoms with Crippen LogP contribution in [-0.4, -0.2) is 32.8 Å². The summed E-state index contributed by atoms with van der Waals surface area (Å²) >= 11 is 0. The maximum Gasteiger partial charge on any atom is 0.411 e. The molecule has 6 nitrogen and oxygen atoms in total. The van der Waals surface area contributed by atoms with Crippen molar-refractivity contribution in [2.75, 3.05) is 6.54 Å². The van der Waals surface area contributed by atoms with Crippen LogP contribution in [0, 0.1) is 5.82 Å². The van der Waals surface area contributed by atoms with Crippen molar-refractivity contribution in [2.45, 2.75) is 64.3 Å². The molecule has 0 spiro atoms. The van der Waals surface area contributed by atoms with Crippen LogP contribution >= 0.6 is 0 Å². The Morgan fingerprint density at radius 1 is 1.03 bits per heavy atom. The highest BCUT2D eigenvalue weighted by Crippen LogP contribution is 2.42. The van der Waals surface area contributed by atoms with Gasteiger partial charge in [-0.05, 0) is 68.1 Å². The summed E-state index contributed by atoms with van der Waals surface area (Å²) in [6.07, 6.45) is 2.05. The maximum atomic E-state index is 13.6. The van der Waals surface area contributed by atoms with Gasteiger partial charge < -0.3 is 19.3 Å². The number of benzene rings is 2. The molecular formula is C29H33FN2O4. The molecule has 0 saturated carbocycles. The highest BCUT2D eigenvalue weighted by Gasteiger charge is 2.46. The van der Waals surface area contributed by atoms with E-state index in [9.17, 15) is 19.1 Å². The van der Waals surface area contributed by atoms with Crippen molar-refractivity contribution >= 4 is 6.09 Å². The van der Waals surface area contributed by atoms with Gasteiger partial charge in [0.15, 0.2) is 0 Å². The standard InChI is InChI=1S/C29H33FN2O4/c1-5-31-18-23(10-15-26(31)33)22-8-6-21(7-9-22)20(2)32-17-16-29(36-27(32)34,19-28(3,4)35)24-11-13-25(30)14-12-24/h6-15,18,20,35H,5,16-17,19H2,1-4H3. The fraction of sp³-hybridized carbons (Fsp3) is 0.379. The summed E-state index contributed by atoms with van der Waals surface area (Å²) in [6, 6.07) is 17.0. The summed E-state index contributed by atoms with van der Waals surface area (Å²) in [5.41, 5.74) is 1.40. The van der Waals surface area contributed by atoms with E-state index in [1.165, 1.54) is 12.1 Å². The molecule has 0 radical (unpaired) electrons. The fourth-order valence-electron chi connectivity index (χ4n) is 4.99. The maximum absolute atomic E-state index is 13.6. The molecule has 3 aromatic rings. The average molecular weight is 493 g/mol. The predicted octanol–water partition coefficient (Wildman–Crippen LogP) is 5.63. The molecule has 2 atom stereocenters. The van der Waals surface area contributed by atoms with Gasteiger partial charge in [0.2, 0.25) is 0 Å². The van der Waals surface area contributed by atoms with E-state index in [1.54, 1.807) is 41.5 Å². The second-order valence-electron chi connectivity index (χ2n) is 10.1. The van der Waals surface area contributed by atoms with E-state index < -0.39 is 17.3 Å². The summed E-state index contributed by atoms with van der Waals surface area (Å²) in [6.45, 7) is 8.27. The van der Waals surface area contributed by atoms with Gasteiger partial charge >= 0.3 is 6.09 Å². The zero-order valence-electron chi connectivity index (χ0n) is 21.2. The van der Waals surface area contributed by atoms with Crippen molar-refractivity contribution in [1.82, 2.24) is 9.47 Å². The number of carbonyl (C=O) groups excluding carboxylic acids is 1. The first-order valence-corrected chi connectivity index (χ1v) is 12.3. The Labute approximate surface area is 211 Å². The van der Waals surface area contributed by atoms with E-state index in [1.807, 2.05) is 50.4 Å². The van der Waals surface area contributed by atoms with E-state index in [2.05, 4.69) is 0 Å². The lowest BCUT2D eigenvalue weighted by molar-refractivity contribution is -0.101. The van der Waals surface area contributed by atoms with Crippen LogP contribution in [0.25, 0.3) is 11.1 Å². The summed E-state index contributed by atoms with van der Waals surface area (Å²) in [5, 5.41) is 10.6. The lowest BCUT2D eigenvalue weighted by atomic mass is 9.80. The van der Waals surface area contributed by atoms with Crippen LogP contribution in [0.5, 0.6) is 0 Å². The molecular weight excluding hydrogens is 459 g/mol. The van der Waals surface area contributed by atoms with Gasteiger partial charge in [-0.25, -0.2) is 9.18 Å². The van der Waals surface area contributed by atoms with Gasteiger partial charge in [0.1, 0.15) is 11.4 Å². The van der Waals surface area contributed by atoms with E-state index in [0.717, 1.165) is 16.7 Å². The van der Waals surface area contributed by atoms with Crippen LogP contribution in [0.3, 0.4) is 0 Å². The van der Waals surface area contributed by atoms with Crippen LogP contribution in [0.4, 0.5) is 9.18 Å². The van der Waals surface area contributed by atoms with Crippen molar-refractivity contribution in [3.63, 3.8) is 0 Å². The van der Waals surface area contributed by atoms with E-state index in [-0.39, 0.29) is 23.8 Å². The molecule has 2 unspecified atom stereocenters. The SMILES string of the molecule is CCn1cc(-c2ccc(C(C)N3CCC(CC(C)(C)O)(c4ccc(F)cc4)OC3=O)cc2)ccc1=O. The number of aryl methyl sites for hydroxylation is 1. The quantitative estimate of drug-likeness (QED) is 0.464. The fourth-order valence-corrected chi connectivity index (χ4v) is 4.99. The number of rotatable bonds is 7. The van der Waals surface area contributed by atoms with Gasteiger partial charge in [-0.15, -0.1) is 0 Å². The Hall–Kier alpha value is -3.45. The van der Waals surface area contributed by atoms with Crippen molar-refractivity contribution in [3.05, 3.63) is 94.2 Å². The molecule has 1 aliphatic rings. The second kappa shape index (κ2) is 9.90. The number of nitrogens with zero attached hydrogens (tertiary/aromatic N) is 2. The third kappa shape index (κ3) is 5.36. The zero-order chi connectivity index (χ0) is 26.1. The topological polar surface area (TPSA) is 71.8 Å². The van der Waals surface area contributed by atoms with E-state index in [4.69, 9.17) is 4.74 Å². The van der Waals surface area contributed by atoms with Crippen molar-refractivity contribution < 1.29 is 19.0 Å². The molecule has 2 aromatic carbocycles. The third-order valence-corrected chi connectivity index (χ3v) is 6.88. The van der Waals surface area contributed by atoms with E-state index >= 15 is 0 Å². The van der Waals surface area contributed by atoms with Crippen molar-refractivity contribution in [1.29, 1.82) is 0 Å². The molecule has 1 aliphatic heterocycles. The normalized spacial score (nSPS) is 19.2. The highest BCUT2D eigenvalue weighted by molar-refractivity contribution is 5.70. The molecule has 2 heterocycles. The van der Waals surface area contributed by atoms with Gasteiger partial charge in [0, 0.05) is 38.2 Å². The minimum atomic E-state index is -1.08. The lowest BCUT2D eigenvalue weighted by Gasteiger charge is -2.45. The lowest BCUT2D eigenvalue weighted by Crippen LogP contribution is -2.51. The number of halogens is 1. The van der Waals surface area contributed by atoms with Crippen LogP contribution in [-0.2, 0) is 16.9 Å². The molecule has 36 heavy (non-hydrogen) atoms. The Bertz CT molecular complexity index is 1280. The number of aromatic nitrogens is 1. The van der Waals surface area contributed by atoms with Gasteiger partial charge in [-0.3, -0.25) is 4.79 Å². The first kappa shape index (κ1) is 25.6. The number of hydrogen-bond acceptors (Lipinski definition) is 4. The number of aliphatic hydroxyl groups is 1. The molecule has 0 aliphatic carbocycles. The summed E-state index contributed by atoms with van der Waals surface area (Å²) in [4.78, 5) is 26.8. The van der Waals surface area contributed by atoms with Crippen LogP contribution in [0.2, 0.25) is 0 Å². The van der Waals surface area contributed by atoms with Gasteiger partial charge in [0.05, 0.1) is 11.6 Å². The Balaban J connectivity index is 1.54. The first-order chi connectivity index (χ1) is 17.0. The van der Waals surface area contributed by atoms with Crippen LogP contribution in [0.15, 0.2) is 71.7 Å². The largest absolute Gasteiger partial charge is 0.438 e. The monoisotopic (exact) mass is 492 g/mol. The number of amides is 1. The van der Waals surface area contributed by atoms with Crippen molar-refractivity contribution in [2.24, 2.45) is 0 Å². The number of cyclic esters (lactones) is 1.